The van der Waals surface area contributed by atoms with Gasteiger partial charge in [-0.2, -0.15) is 0 Å². The minimum absolute atomic E-state index is 0.0331. The first-order chi connectivity index (χ1) is 26.9. The molecule has 0 radical (unpaired) electrons. The molecule has 6 aromatic carbocycles. The van der Waals surface area contributed by atoms with Crippen molar-refractivity contribution in [1.29, 1.82) is 0 Å². The molecule has 0 aliphatic heterocycles. The fourth-order valence-electron chi connectivity index (χ4n) is 5.69. The lowest BCUT2D eigenvalue weighted by atomic mass is 9.90. The highest BCUT2D eigenvalue weighted by Gasteiger charge is 2.15. The number of methoxy groups -OCH3 is 2. The van der Waals surface area contributed by atoms with Crippen molar-refractivity contribution in [1.82, 2.24) is 0 Å². The van der Waals surface area contributed by atoms with E-state index in [-0.39, 0.29) is 11.7 Å². The Bertz CT molecular complexity index is 2150. The summed E-state index contributed by atoms with van der Waals surface area (Å²) in [6.07, 6.45) is 1.03. The molecule has 0 saturated heterocycles. The van der Waals surface area contributed by atoms with Gasteiger partial charge in [0.25, 0.3) is 0 Å². The summed E-state index contributed by atoms with van der Waals surface area (Å²) in [6, 6.07) is 46.1. The number of hydrogen-bond acceptors (Lipinski definition) is 7. The molecule has 0 bridgehead atoms. The van der Waals surface area contributed by atoms with Crippen molar-refractivity contribution in [2.45, 2.75) is 47.0 Å². The van der Waals surface area contributed by atoms with Crippen LogP contribution in [-0.4, -0.2) is 37.9 Å². The second-order valence-electron chi connectivity index (χ2n) is 13.3. The number of rotatable bonds is 9. The highest BCUT2D eigenvalue weighted by Crippen LogP contribution is 2.30. The summed E-state index contributed by atoms with van der Waals surface area (Å²) >= 11 is 0. The Morgan fingerprint density at radius 3 is 1.30 bits per heavy atom. The highest BCUT2D eigenvalue weighted by molar-refractivity contribution is 5.96. The van der Waals surface area contributed by atoms with Crippen molar-refractivity contribution in [2.75, 3.05) is 14.2 Å². The number of hydrogen-bond donors (Lipinski definition) is 0. The van der Waals surface area contributed by atoms with E-state index in [4.69, 9.17) is 4.74 Å². The molecule has 286 valence electrons. The average Bonchev–Trinajstić information content (AvgIpc) is 3.23. The molecule has 7 heteroatoms. The van der Waals surface area contributed by atoms with Crippen LogP contribution in [0.1, 0.15) is 100 Å². The second-order valence-corrected chi connectivity index (χ2v) is 13.3. The number of ketones is 1. The number of carbonyl (C=O) groups excluding carboxylic acids is 4. The molecule has 0 saturated carbocycles. The maximum Gasteiger partial charge on any atom is 0.343 e. The van der Waals surface area contributed by atoms with E-state index in [1.165, 1.54) is 78.8 Å². The molecule has 6 rings (SSSR count). The Balaban J connectivity index is 0.000000213. The van der Waals surface area contributed by atoms with E-state index in [1.807, 2.05) is 19.1 Å². The van der Waals surface area contributed by atoms with Crippen LogP contribution < -0.4 is 4.74 Å². The number of benzene rings is 6. The SMILES string of the molecule is CC(=O)c1ccc(C(=O)Oc2ccc(C(C)c3ccc(C)c(C)c3)cc2C)cc1.COC(=O)c1ccc(C(=O)OC)cc1.c1ccc(Cc2ccccc2)cc1. The Morgan fingerprint density at radius 1 is 0.482 bits per heavy atom. The summed E-state index contributed by atoms with van der Waals surface area (Å²) in [7, 11) is 2.60. The predicted molar refractivity (Wildman–Crippen MR) is 221 cm³/mol. The lowest BCUT2D eigenvalue weighted by Crippen LogP contribution is -2.10. The highest BCUT2D eigenvalue weighted by atomic mass is 16.5. The molecule has 0 N–H and O–H groups in total. The van der Waals surface area contributed by atoms with E-state index >= 15 is 0 Å². The number of aryl methyl sites for hydroxylation is 3. The monoisotopic (exact) mass is 748 g/mol. The third kappa shape index (κ3) is 12.2. The van der Waals surface area contributed by atoms with Gasteiger partial charge in [0, 0.05) is 11.5 Å². The van der Waals surface area contributed by atoms with Crippen molar-refractivity contribution >= 4 is 23.7 Å². The van der Waals surface area contributed by atoms with Gasteiger partial charge in [0.2, 0.25) is 0 Å². The predicted octanol–water partition coefficient (Wildman–Crippen LogP) is 10.7. The molecule has 6 aromatic rings. The van der Waals surface area contributed by atoms with E-state index in [0.717, 1.165) is 12.0 Å². The summed E-state index contributed by atoms with van der Waals surface area (Å²) in [5, 5.41) is 0. The Labute approximate surface area is 329 Å². The Morgan fingerprint density at radius 2 is 0.893 bits per heavy atom. The van der Waals surface area contributed by atoms with Crippen molar-refractivity contribution in [2.24, 2.45) is 0 Å². The van der Waals surface area contributed by atoms with E-state index < -0.39 is 17.9 Å². The van der Waals surface area contributed by atoms with E-state index in [2.05, 4.69) is 115 Å². The summed E-state index contributed by atoms with van der Waals surface area (Å²) in [6.45, 7) is 9.86. The molecule has 0 aliphatic carbocycles. The normalized spacial score (nSPS) is 10.7. The number of esters is 3. The summed E-state index contributed by atoms with van der Waals surface area (Å²) in [5.41, 5.74) is 10.5. The van der Waals surface area contributed by atoms with Gasteiger partial charge in [-0.15, -0.1) is 0 Å². The van der Waals surface area contributed by atoms with E-state index in [1.54, 1.807) is 24.3 Å². The van der Waals surface area contributed by atoms with Crippen molar-refractivity contribution in [3.8, 4) is 5.75 Å². The van der Waals surface area contributed by atoms with Gasteiger partial charge in [0.05, 0.1) is 30.9 Å². The van der Waals surface area contributed by atoms with Crippen LogP contribution in [0.15, 0.2) is 146 Å². The maximum absolute atomic E-state index is 12.4. The molecular weight excluding hydrogens is 701 g/mol. The van der Waals surface area contributed by atoms with Gasteiger partial charge in [-0.1, -0.05) is 110 Å². The molecule has 0 amide bonds. The number of carbonyl (C=O) groups is 4. The van der Waals surface area contributed by atoms with Crippen LogP contribution >= 0.6 is 0 Å². The Hall–Kier alpha value is -6.60. The summed E-state index contributed by atoms with van der Waals surface area (Å²) < 4.78 is 14.6. The molecule has 1 atom stereocenters. The molecule has 0 fully saturated rings. The molecule has 1 unspecified atom stereocenters. The minimum Gasteiger partial charge on any atom is -0.465 e. The molecular formula is C49H48O7. The van der Waals surface area contributed by atoms with E-state index in [0.29, 0.717) is 28.0 Å². The summed E-state index contributed by atoms with van der Waals surface area (Å²) in [5.74, 6) is -0.534. The largest absolute Gasteiger partial charge is 0.465 e. The van der Waals surface area contributed by atoms with Crippen molar-refractivity contribution in [3.63, 3.8) is 0 Å². The van der Waals surface area contributed by atoms with Gasteiger partial charge in [-0.05, 0) is 116 Å². The zero-order valence-electron chi connectivity index (χ0n) is 33.0. The van der Waals surface area contributed by atoms with Gasteiger partial charge in [-0.25, -0.2) is 14.4 Å². The first-order valence-corrected chi connectivity index (χ1v) is 18.3. The fraction of sp³-hybridized carbons (Fsp3) is 0.184. The van der Waals surface area contributed by atoms with Gasteiger partial charge in [-0.3, -0.25) is 4.79 Å². The zero-order valence-corrected chi connectivity index (χ0v) is 33.0. The minimum atomic E-state index is -0.432. The van der Waals surface area contributed by atoms with Crippen LogP contribution in [-0.2, 0) is 15.9 Å². The lowest BCUT2D eigenvalue weighted by molar-refractivity contribution is 0.0586. The maximum atomic E-state index is 12.4. The number of ether oxygens (including phenoxy) is 3. The molecule has 0 aromatic heterocycles. The molecule has 0 spiro atoms. The van der Waals surface area contributed by atoms with Gasteiger partial charge in [0.1, 0.15) is 5.75 Å². The Kier molecular flexibility index (Phi) is 15.6. The van der Waals surface area contributed by atoms with Crippen LogP contribution in [0.4, 0.5) is 0 Å². The third-order valence-corrected chi connectivity index (χ3v) is 9.28. The molecule has 0 heterocycles. The van der Waals surface area contributed by atoms with Gasteiger partial charge in [0.15, 0.2) is 5.78 Å². The van der Waals surface area contributed by atoms with Crippen LogP contribution in [0, 0.1) is 20.8 Å². The van der Waals surface area contributed by atoms with Crippen molar-refractivity contribution < 1.29 is 33.4 Å². The topological polar surface area (TPSA) is 96.0 Å². The fourth-order valence-corrected chi connectivity index (χ4v) is 5.69. The number of Topliss-reactive ketones (excluding diaryl/α,β-unsaturated/α-hetero) is 1. The van der Waals surface area contributed by atoms with Crippen LogP contribution in [0.5, 0.6) is 5.75 Å². The van der Waals surface area contributed by atoms with Gasteiger partial charge >= 0.3 is 17.9 Å². The molecule has 56 heavy (non-hydrogen) atoms. The quantitative estimate of drug-likeness (QED) is 0.0825. The summed E-state index contributed by atoms with van der Waals surface area (Å²) in [4.78, 5) is 45.9. The third-order valence-electron chi connectivity index (χ3n) is 9.28. The zero-order chi connectivity index (χ0) is 40.6. The second kappa shape index (κ2) is 20.7. The van der Waals surface area contributed by atoms with Crippen LogP contribution in [0.3, 0.4) is 0 Å². The molecule has 0 aliphatic rings. The van der Waals surface area contributed by atoms with Crippen LogP contribution in [0.2, 0.25) is 0 Å². The molecule has 7 nitrogen and oxygen atoms in total. The average molecular weight is 749 g/mol. The van der Waals surface area contributed by atoms with E-state index in [9.17, 15) is 19.2 Å². The lowest BCUT2D eigenvalue weighted by Gasteiger charge is -2.16. The smallest absolute Gasteiger partial charge is 0.343 e. The first kappa shape index (κ1) is 42.1. The van der Waals surface area contributed by atoms with Crippen LogP contribution in [0.25, 0.3) is 0 Å². The standard InChI is InChI=1S/C26H26O3.C13H12.C10H10O4/c1-16-6-7-23(14-17(16)2)19(4)24-12-13-25(18(3)15-24)29-26(28)22-10-8-21(9-11-22)20(5)27;1-3-7-12(8-4-1)11-13-9-5-2-6-10-13;1-13-9(11)7-3-5-8(6-4-7)10(12)14-2/h6-15,19H,1-5H3;1-10H,11H2;3-6H,1-2H3. The first-order valence-electron chi connectivity index (χ1n) is 18.3. The van der Waals surface area contributed by atoms with Gasteiger partial charge < -0.3 is 14.2 Å². The van der Waals surface area contributed by atoms with Crippen molar-refractivity contribution in [3.05, 3.63) is 207 Å².